The lowest BCUT2D eigenvalue weighted by Crippen LogP contribution is -2.23. The Hall–Kier alpha value is -4.63. The van der Waals surface area contributed by atoms with Gasteiger partial charge < -0.3 is 14.8 Å². The topological polar surface area (TPSA) is 88.4 Å². The van der Waals surface area contributed by atoms with Crippen LogP contribution in [-0.4, -0.2) is 19.0 Å². The van der Waals surface area contributed by atoms with E-state index in [1.54, 1.807) is 24.3 Å². The summed E-state index contributed by atoms with van der Waals surface area (Å²) in [7, 11) is 1.44. The first-order chi connectivity index (χ1) is 16.5. The molecule has 0 saturated carbocycles. The minimum Gasteiger partial charge on any atom is -0.493 e. The van der Waals surface area contributed by atoms with Gasteiger partial charge in [-0.1, -0.05) is 66.2 Å². The van der Waals surface area contributed by atoms with Gasteiger partial charge in [0.15, 0.2) is 11.5 Å². The molecule has 1 amide bonds. The average Bonchev–Trinajstić information content (AvgIpc) is 2.86. The summed E-state index contributed by atoms with van der Waals surface area (Å²) < 4.78 is 10.7. The second-order valence-electron chi connectivity index (χ2n) is 7.41. The van der Waals surface area contributed by atoms with Crippen LogP contribution in [0, 0.1) is 18.3 Å². The minimum atomic E-state index is -0.555. The van der Waals surface area contributed by atoms with Gasteiger partial charge in [-0.25, -0.2) is 4.79 Å². The van der Waals surface area contributed by atoms with Crippen molar-refractivity contribution in [3.05, 3.63) is 107 Å². The number of hydrogen-bond acceptors (Lipinski definition) is 5. The van der Waals surface area contributed by atoms with E-state index in [9.17, 15) is 14.9 Å². The molecule has 0 fully saturated rings. The van der Waals surface area contributed by atoms with Crippen molar-refractivity contribution in [3.8, 4) is 17.6 Å². The number of benzene rings is 3. The van der Waals surface area contributed by atoms with Crippen LogP contribution in [0.15, 0.2) is 84.4 Å². The molecule has 0 bridgehead atoms. The van der Waals surface area contributed by atoms with Crippen molar-refractivity contribution in [1.82, 2.24) is 5.32 Å². The van der Waals surface area contributed by atoms with Gasteiger partial charge in [-0.05, 0) is 47.9 Å². The zero-order valence-electron chi connectivity index (χ0n) is 18.9. The first kappa shape index (κ1) is 24.0. The van der Waals surface area contributed by atoms with E-state index in [0.29, 0.717) is 17.9 Å². The maximum absolute atomic E-state index is 12.4. The third-order valence-electron chi connectivity index (χ3n) is 4.86. The summed E-state index contributed by atoms with van der Waals surface area (Å²) in [6.07, 6.45) is 4.45. The van der Waals surface area contributed by atoms with E-state index in [1.807, 2.05) is 67.6 Å². The number of carbonyl (C=O) groups is 2. The van der Waals surface area contributed by atoms with E-state index in [0.717, 1.165) is 16.7 Å². The van der Waals surface area contributed by atoms with Gasteiger partial charge in [0.25, 0.3) is 5.91 Å². The van der Waals surface area contributed by atoms with E-state index in [-0.39, 0.29) is 11.3 Å². The fraction of sp³-hybridized carbons (Fsp3) is 0.107. The Morgan fingerprint density at radius 2 is 1.68 bits per heavy atom. The van der Waals surface area contributed by atoms with Crippen molar-refractivity contribution < 1.29 is 19.1 Å². The molecule has 0 aliphatic heterocycles. The highest BCUT2D eigenvalue weighted by molar-refractivity contribution is 6.01. The third-order valence-corrected chi connectivity index (χ3v) is 4.86. The number of rotatable bonds is 8. The summed E-state index contributed by atoms with van der Waals surface area (Å²) in [5.74, 6) is -0.514. The van der Waals surface area contributed by atoms with Crippen LogP contribution in [0.5, 0.6) is 11.5 Å². The van der Waals surface area contributed by atoms with Crippen LogP contribution in [0.25, 0.3) is 12.2 Å². The fourth-order valence-corrected chi connectivity index (χ4v) is 3.03. The summed E-state index contributed by atoms with van der Waals surface area (Å²) in [4.78, 5) is 24.7. The van der Waals surface area contributed by atoms with Gasteiger partial charge in [-0.15, -0.1) is 0 Å². The van der Waals surface area contributed by atoms with Gasteiger partial charge in [0.2, 0.25) is 0 Å². The van der Waals surface area contributed by atoms with Crippen LogP contribution in [0.2, 0.25) is 0 Å². The van der Waals surface area contributed by atoms with Crippen LogP contribution in [-0.2, 0) is 16.1 Å². The molecule has 170 valence electrons. The number of aryl methyl sites for hydroxylation is 1. The molecular formula is C28H24N2O4. The molecule has 3 aromatic rings. The summed E-state index contributed by atoms with van der Waals surface area (Å²) in [6.45, 7) is 2.30. The lowest BCUT2D eigenvalue weighted by atomic mass is 10.1. The minimum absolute atomic E-state index is 0.0521. The van der Waals surface area contributed by atoms with Crippen molar-refractivity contribution in [2.75, 3.05) is 7.11 Å². The number of nitrogens with zero attached hydrogens (tertiary/aromatic N) is 1. The van der Waals surface area contributed by atoms with Gasteiger partial charge in [-0.2, -0.15) is 5.26 Å². The number of nitrogens with one attached hydrogen (secondary N) is 1. The molecule has 0 atom stereocenters. The molecule has 0 aliphatic rings. The Bertz CT molecular complexity index is 1250. The normalized spacial score (nSPS) is 11.0. The van der Waals surface area contributed by atoms with Gasteiger partial charge in [-0.3, -0.25) is 4.79 Å². The Labute approximate surface area is 198 Å². The Kier molecular flexibility index (Phi) is 8.36. The van der Waals surface area contributed by atoms with Crippen LogP contribution in [0.3, 0.4) is 0 Å². The first-order valence-electron chi connectivity index (χ1n) is 10.6. The lowest BCUT2D eigenvalue weighted by Gasteiger charge is -2.09. The molecule has 3 aromatic carbocycles. The Morgan fingerprint density at radius 1 is 0.971 bits per heavy atom. The fourth-order valence-electron chi connectivity index (χ4n) is 3.03. The number of nitriles is 1. The molecule has 0 radical (unpaired) electrons. The molecule has 6 heteroatoms. The lowest BCUT2D eigenvalue weighted by molar-refractivity contribution is -0.129. The maximum atomic E-state index is 12.4. The van der Waals surface area contributed by atoms with E-state index in [1.165, 1.54) is 19.3 Å². The van der Waals surface area contributed by atoms with Crippen molar-refractivity contribution in [1.29, 1.82) is 5.26 Å². The summed E-state index contributed by atoms with van der Waals surface area (Å²) >= 11 is 0. The quantitative estimate of drug-likeness (QED) is 0.229. The van der Waals surface area contributed by atoms with Crippen LogP contribution < -0.4 is 14.8 Å². The van der Waals surface area contributed by atoms with E-state index in [4.69, 9.17) is 9.47 Å². The number of hydrogen-bond donors (Lipinski definition) is 1. The Balaban J connectivity index is 1.68. The predicted octanol–water partition coefficient (Wildman–Crippen LogP) is 4.85. The number of esters is 1. The van der Waals surface area contributed by atoms with Crippen molar-refractivity contribution in [2.24, 2.45) is 0 Å². The molecule has 0 spiro atoms. The number of ether oxygens (including phenoxy) is 2. The number of carbonyl (C=O) groups excluding carboxylic acids is 2. The third kappa shape index (κ3) is 6.94. The van der Waals surface area contributed by atoms with Crippen LogP contribution in [0.1, 0.15) is 22.3 Å². The van der Waals surface area contributed by atoms with Crippen LogP contribution in [0.4, 0.5) is 0 Å². The monoisotopic (exact) mass is 452 g/mol. The molecule has 6 nitrogen and oxygen atoms in total. The zero-order chi connectivity index (χ0) is 24.3. The van der Waals surface area contributed by atoms with Crippen molar-refractivity contribution >= 4 is 24.0 Å². The molecule has 0 heterocycles. The number of amides is 1. The molecule has 1 N–H and O–H groups in total. The van der Waals surface area contributed by atoms with Gasteiger partial charge in [0.1, 0.15) is 11.6 Å². The molecule has 0 aliphatic carbocycles. The summed E-state index contributed by atoms with van der Waals surface area (Å²) in [5, 5.41) is 12.2. The average molecular weight is 453 g/mol. The smallest absolute Gasteiger partial charge is 0.336 e. The van der Waals surface area contributed by atoms with Crippen molar-refractivity contribution in [3.63, 3.8) is 0 Å². The van der Waals surface area contributed by atoms with E-state index >= 15 is 0 Å². The zero-order valence-corrected chi connectivity index (χ0v) is 18.9. The summed E-state index contributed by atoms with van der Waals surface area (Å²) in [5.41, 5.74) is 3.44. The van der Waals surface area contributed by atoms with E-state index < -0.39 is 11.9 Å². The molecule has 0 saturated heterocycles. The van der Waals surface area contributed by atoms with Gasteiger partial charge in [0, 0.05) is 12.6 Å². The SMILES string of the molecule is COc1cc(/C=C(\C#N)C(=O)NCc2ccccc2)ccc1OC(=O)/C=C/c1ccc(C)cc1. The molecule has 0 unspecified atom stereocenters. The van der Waals surface area contributed by atoms with Gasteiger partial charge in [0.05, 0.1) is 7.11 Å². The largest absolute Gasteiger partial charge is 0.493 e. The Morgan fingerprint density at radius 3 is 2.35 bits per heavy atom. The number of methoxy groups -OCH3 is 1. The second-order valence-corrected chi connectivity index (χ2v) is 7.41. The molecular weight excluding hydrogens is 428 g/mol. The van der Waals surface area contributed by atoms with E-state index in [2.05, 4.69) is 5.32 Å². The van der Waals surface area contributed by atoms with Gasteiger partial charge >= 0.3 is 5.97 Å². The summed E-state index contributed by atoms with van der Waals surface area (Å²) in [6, 6.07) is 23.8. The van der Waals surface area contributed by atoms with Crippen LogP contribution >= 0.6 is 0 Å². The highest BCUT2D eigenvalue weighted by Crippen LogP contribution is 2.29. The molecule has 34 heavy (non-hydrogen) atoms. The predicted molar refractivity (Wildman–Crippen MR) is 131 cm³/mol. The molecule has 0 aromatic heterocycles. The van der Waals surface area contributed by atoms with Crippen molar-refractivity contribution in [2.45, 2.75) is 13.5 Å². The standard InChI is InChI=1S/C28H24N2O4/c1-20-8-10-21(11-9-20)13-15-27(31)34-25-14-12-23(17-26(25)33-2)16-24(18-29)28(32)30-19-22-6-4-3-5-7-22/h3-17H,19H2,1-2H3,(H,30,32)/b15-13+,24-16+. The second kappa shape index (κ2) is 11.8. The first-order valence-corrected chi connectivity index (χ1v) is 10.6. The highest BCUT2D eigenvalue weighted by atomic mass is 16.6. The maximum Gasteiger partial charge on any atom is 0.336 e. The highest BCUT2D eigenvalue weighted by Gasteiger charge is 2.12. The molecule has 3 rings (SSSR count).